The molecule has 2 aliphatic carbocycles. The van der Waals surface area contributed by atoms with Gasteiger partial charge in [-0.2, -0.15) is 0 Å². The van der Waals surface area contributed by atoms with Crippen LogP contribution in [0.3, 0.4) is 0 Å². The van der Waals surface area contributed by atoms with E-state index in [4.69, 9.17) is 0 Å². The summed E-state index contributed by atoms with van der Waals surface area (Å²) < 4.78 is 0. The topological polar surface area (TPSA) is 12.0 Å². The van der Waals surface area contributed by atoms with Gasteiger partial charge in [0.1, 0.15) is 0 Å². The van der Waals surface area contributed by atoms with Crippen molar-refractivity contribution in [1.29, 1.82) is 0 Å². The van der Waals surface area contributed by atoms with Gasteiger partial charge in [-0.25, -0.2) is 0 Å². The standard InChI is InChI=1S/C20H39N/c1-4-6-8-17-11-13-18(14-12-17)20(21-3)19-10-7-9-16(5-2)15-19/h16-21H,4-15H2,1-3H3. The Kier molecular flexibility index (Phi) is 7.57. The van der Waals surface area contributed by atoms with Crippen molar-refractivity contribution in [2.75, 3.05) is 7.05 Å². The van der Waals surface area contributed by atoms with Crippen LogP contribution in [0.5, 0.6) is 0 Å². The van der Waals surface area contributed by atoms with Gasteiger partial charge in [0.15, 0.2) is 0 Å². The Hall–Kier alpha value is -0.0400. The molecular formula is C20H39N. The zero-order chi connectivity index (χ0) is 15.1. The lowest BCUT2D eigenvalue weighted by Gasteiger charge is -2.41. The van der Waals surface area contributed by atoms with Crippen LogP contribution >= 0.6 is 0 Å². The van der Waals surface area contributed by atoms with Crippen LogP contribution in [0.25, 0.3) is 0 Å². The van der Waals surface area contributed by atoms with E-state index in [2.05, 4.69) is 26.2 Å². The summed E-state index contributed by atoms with van der Waals surface area (Å²) in [4.78, 5) is 0. The first kappa shape index (κ1) is 17.3. The lowest BCUT2D eigenvalue weighted by molar-refractivity contribution is 0.134. The summed E-state index contributed by atoms with van der Waals surface area (Å²) in [6.07, 6.45) is 17.7. The van der Waals surface area contributed by atoms with Gasteiger partial charge in [0.05, 0.1) is 0 Å². The van der Waals surface area contributed by atoms with E-state index in [1.54, 1.807) is 0 Å². The van der Waals surface area contributed by atoms with E-state index < -0.39 is 0 Å². The smallest absolute Gasteiger partial charge is 0.0121 e. The highest BCUT2D eigenvalue weighted by Crippen LogP contribution is 2.40. The largest absolute Gasteiger partial charge is 0.316 e. The van der Waals surface area contributed by atoms with Crippen molar-refractivity contribution in [2.24, 2.45) is 23.7 Å². The fourth-order valence-electron chi connectivity index (χ4n) is 5.21. The summed E-state index contributed by atoms with van der Waals surface area (Å²) in [5.41, 5.74) is 0. The second kappa shape index (κ2) is 9.18. The maximum absolute atomic E-state index is 3.74. The Morgan fingerprint density at radius 3 is 2.29 bits per heavy atom. The first-order chi connectivity index (χ1) is 10.3. The van der Waals surface area contributed by atoms with Crippen LogP contribution in [0.15, 0.2) is 0 Å². The predicted octanol–water partition coefficient (Wildman–Crippen LogP) is 5.79. The minimum atomic E-state index is 0.812. The number of hydrogen-bond donors (Lipinski definition) is 1. The molecule has 3 atom stereocenters. The Bertz CT molecular complexity index is 267. The zero-order valence-corrected chi connectivity index (χ0v) is 14.9. The van der Waals surface area contributed by atoms with E-state index in [0.717, 1.165) is 29.7 Å². The average Bonchev–Trinajstić information content (AvgIpc) is 2.55. The lowest BCUT2D eigenvalue weighted by atomic mass is 9.69. The zero-order valence-electron chi connectivity index (χ0n) is 14.9. The molecule has 0 saturated heterocycles. The van der Waals surface area contributed by atoms with E-state index in [0.29, 0.717) is 0 Å². The third kappa shape index (κ3) is 4.98. The van der Waals surface area contributed by atoms with Gasteiger partial charge in [-0.3, -0.25) is 0 Å². The van der Waals surface area contributed by atoms with Crippen molar-refractivity contribution in [3.05, 3.63) is 0 Å². The molecule has 0 aromatic heterocycles. The number of hydrogen-bond acceptors (Lipinski definition) is 1. The molecule has 2 rings (SSSR count). The van der Waals surface area contributed by atoms with E-state index in [1.807, 2.05) is 0 Å². The molecule has 2 fully saturated rings. The molecule has 0 aliphatic heterocycles. The van der Waals surface area contributed by atoms with Crippen molar-refractivity contribution in [1.82, 2.24) is 5.32 Å². The molecule has 0 spiro atoms. The molecule has 3 unspecified atom stereocenters. The highest BCUT2D eigenvalue weighted by atomic mass is 14.9. The summed E-state index contributed by atoms with van der Waals surface area (Å²) >= 11 is 0. The molecular weight excluding hydrogens is 254 g/mol. The van der Waals surface area contributed by atoms with Crippen molar-refractivity contribution in [2.45, 2.75) is 96.9 Å². The maximum atomic E-state index is 3.74. The van der Waals surface area contributed by atoms with E-state index >= 15 is 0 Å². The summed E-state index contributed by atoms with van der Waals surface area (Å²) in [7, 11) is 2.23. The van der Waals surface area contributed by atoms with Gasteiger partial charge >= 0.3 is 0 Å². The van der Waals surface area contributed by atoms with Crippen LogP contribution in [-0.4, -0.2) is 13.1 Å². The van der Waals surface area contributed by atoms with Crippen molar-refractivity contribution >= 4 is 0 Å². The average molecular weight is 294 g/mol. The highest BCUT2D eigenvalue weighted by molar-refractivity contribution is 4.88. The van der Waals surface area contributed by atoms with Crippen molar-refractivity contribution < 1.29 is 0 Å². The summed E-state index contributed by atoms with van der Waals surface area (Å²) in [6, 6.07) is 0.812. The third-order valence-electron chi connectivity index (χ3n) is 6.61. The van der Waals surface area contributed by atoms with Crippen molar-refractivity contribution in [3.8, 4) is 0 Å². The van der Waals surface area contributed by atoms with Crippen LogP contribution in [0, 0.1) is 23.7 Å². The third-order valence-corrected chi connectivity index (χ3v) is 6.61. The number of nitrogens with one attached hydrogen (secondary N) is 1. The van der Waals surface area contributed by atoms with Crippen LogP contribution in [-0.2, 0) is 0 Å². The Labute approximate surface area is 133 Å². The van der Waals surface area contributed by atoms with Gasteiger partial charge in [-0.15, -0.1) is 0 Å². The molecule has 124 valence electrons. The second-order valence-corrected chi connectivity index (χ2v) is 7.94. The molecule has 2 aliphatic rings. The van der Waals surface area contributed by atoms with Crippen molar-refractivity contribution in [3.63, 3.8) is 0 Å². The van der Waals surface area contributed by atoms with Crippen LogP contribution in [0.1, 0.15) is 90.9 Å². The van der Waals surface area contributed by atoms with Crippen LogP contribution < -0.4 is 5.32 Å². The normalized spacial score (nSPS) is 35.6. The van der Waals surface area contributed by atoms with Gasteiger partial charge in [0, 0.05) is 6.04 Å². The number of unbranched alkanes of at least 4 members (excludes halogenated alkanes) is 1. The molecule has 1 nitrogen and oxygen atoms in total. The highest BCUT2D eigenvalue weighted by Gasteiger charge is 2.34. The molecule has 2 saturated carbocycles. The summed E-state index contributed by atoms with van der Waals surface area (Å²) in [6.45, 7) is 4.72. The van der Waals surface area contributed by atoms with Gasteiger partial charge in [-0.05, 0) is 56.4 Å². The minimum absolute atomic E-state index is 0.812. The fourth-order valence-corrected chi connectivity index (χ4v) is 5.21. The monoisotopic (exact) mass is 293 g/mol. The van der Waals surface area contributed by atoms with E-state index in [-0.39, 0.29) is 0 Å². The lowest BCUT2D eigenvalue weighted by Crippen LogP contribution is -2.43. The van der Waals surface area contributed by atoms with Gasteiger partial charge in [0.25, 0.3) is 0 Å². The quantitative estimate of drug-likeness (QED) is 0.626. The molecule has 1 heteroatoms. The molecule has 0 aromatic rings. The predicted molar refractivity (Wildman–Crippen MR) is 93.6 cm³/mol. The Morgan fingerprint density at radius 2 is 1.67 bits per heavy atom. The SMILES string of the molecule is CCCCC1CCC(C(NC)C2CCCC(CC)C2)CC1. The van der Waals surface area contributed by atoms with Gasteiger partial charge in [0.2, 0.25) is 0 Å². The first-order valence-corrected chi connectivity index (χ1v) is 9.95. The van der Waals surface area contributed by atoms with E-state index in [1.165, 1.54) is 77.0 Å². The minimum Gasteiger partial charge on any atom is -0.316 e. The van der Waals surface area contributed by atoms with Crippen LogP contribution in [0.4, 0.5) is 0 Å². The summed E-state index contributed by atoms with van der Waals surface area (Å²) in [5, 5.41) is 3.74. The first-order valence-electron chi connectivity index (χ1n) is 9.95. The van der Waals surface area contributed by atoms with E-state index in [9.17, 15) is 0 Å². The molecule has 0 heterocycles. The molecule has 0 bridgehead atoms. The molecule has 0 aromatic carbocycles. The summed E-state index contributed by atoms with van der Waals surface area (Å²) in [5.74, 6) is 3.99. The van der Waals surface area contributed by atoms with Crippen LogP contribution in [0.2, 0.25) is 0 Å². The Balaban J connectivity index is 1.81. The number of rotatable bonds is 7. The molecule has 0 amide bonds. The second-order valence-electron chi connectivity index (χ2n) is 7.94. The maximum Gasteiger partial charge on any atom is 0.0121 e. The molecule has 0 radical (unpaired) electrons. The Morgan fingerprint density at radius 1 is 0.905 bits per heavy atom. The molecule has 1 N–H and O–H groups in total. The molecule has 21 heavy (non-hydrogen) atoms. The fraction of sp³-hybridized carbons (Fsp3) is 1.00. The van der Waals surface area contributed by atoms with Gasteiger partial charge < -0.3 is 5.32 Å². The van der Waals surface area contributed by atoms with Gasteiger partial charge in [-0.1, -0.05) is 65.2 Å².